The number of aryl methyl sites for hydroxylation is 1. The Bertz CT molecular complexity index is 488. The van der Waals surface area contributed by atoms with Crippen molar-refractivity contribution >= 4 is 5.69 Å². The smallest absolute Gasteiger partial charge is 0.308 e. The molecule has 0 atom stereocenters. The number of anilines is 1. The first-order chi connectivity index (χ1) is 7.58. The number of hydrogen-bond donors (Lipinski definition) is 0. The van der Waals surface area contributed by atoms with Gasteiger partial charge in [-0.25, -0.2) is 14.6 Å². The van der Waals surface area contributed by atoms with E-state index in [1.807, 2.05) is 32.1 Å². The number of hydrogen-bond acceptors (Lipinski definition) is 4. The molecule has 0 spiro atoms. The zero-order valence-electron chi connectivity index (χ0n) is 9.35. The van der Waals surface area contributed by atoms with Crippen LogP contribution in [0.1, 0.15) is 5.69 Å². The molecular formula is C10H12FN5. The second-order valence-corrected chi connectivity index (χ2v) is 3.65. The molecule has 2 aromatic heterocycles. The summed E-state index contributed by atoms with van der Waals surface area (Å²) >= 11 is 0. The molecule has 2 heterocycles. The third-order valence-electron chi connectivity index (χ3n) is 2.23. The Morgan fingerprint density at radius 1 is 1.25 bits per heavy atom. The van der Waals surface area contributed by atoms with E-state index in [9.17, 15) is 4.39 Å². The molecule has 2 aromatic rings. The largest absolute Gasteiger partial charge is 0.375 e. The first-order valence-corrected chi connectivity index (χ1v) is 4.79. The van der Waals surface area contributed by atoms with Gasteiger partial charge in [-0.2, -0.15) is 9.49 Å². The average molecular weight is 221 g/mol. The minimum atomic E-state index is -0.736. The van der Waals surface area contributed by atoms with Crippen molar-refractivity contribution in [3.63, 3.8) is 0 Å². The molecule has 0 bridgehead atoms. The van der Waals surface area contributed by atoms with E-state index < -0.39 is 6.08 Å². The van der Waals surface area contributed by atoms with Gasteiger partial charge in [0.2, 0.25) is 0 Å². The maximum atomic E-state index is 12.6. The van der Waals surface area contributed by atoms with Crippen molar-refractivity contribution in [2.24, 2.45) is 0 Å². The minimum absolute atomic E-state index is 0.637. The van der Waals surface area contributed by atoms with Gasteiger partial charge in [-0.1, -0.05) is 0 Å². The zero-order valence-corrected chi connectivity index (χ0v) is 9.35. The summed E-state index contributed by atoms with van der Waals surface area (Å²) in [6, 6.07) is 0. The third kappa shape index (κ3) is 1.86. The summed E-state index contributed by atoms with van der Waals surface area (Å²) in [6.07, 6.45) is 3.91. The normalized spacial score (nSPS) is 10.5. The Labute approximate surface area is 92.6 Å². The predicted molar refractivity (Wildman–Crippen MR) is 58.2 cm³/mol. The first kappa shape index (κ1) is 10.5. The van der Waals surface area contributed by atoms with Gasteiger partial charge >= 0.3 is 6.08 Å². The van der Waals surface area contributed by atoms with Crippen molar-refractivity contribution < 1.29 is 4.39 Å². The molecule has 6 heteroatoms. The van der Waals surface area contributed by atoms with Gasteiger partial charge in [0.1, 0.15) is 5.69 Å². The Hall–Kier alpha value is -1.98. The molecule has 0 saturated heterocycles. The van der Waals surface area contributed by atoms with Crippen LogP contribution in [-0.2, 0) is 0 Å². The van der Waals surface area contributed by atoms with Crippen LogP contribution >= 0.6 is 0 Å². The highest BCUT2D eigenvalue weighted by Gasteiger charge is 2.08. The van der Waals surface area contributed by atoms with Gasteiger partial charge in [-0.15, -0.1) is 0 Å². The lowest BCUT2D eigenvalue weighted by Gasteiger charge is -2.08. The second kappa shape index (κ2) is 3.88. The molecule has 5 nitrogen and oxygen atoms in total. The first-order valence-electron chi connectivity index (χ1n) is 4.79. The summed E-state index contributed by atoms with van der Waals surface area (Å²) in [7, 11) is 3.88. The molecule has 0 aliphatic rings. The van der Waals surface area contributed by atoms with Gasteiger partial charge in [0, 0.05) is 14.1 Å². The van der Waals surface area contributed by atoms with Crippen LogP contribution in [0.15, 0.2) is 18.6 Å². The van der Waals surface area contributed by atoms with E-state index >= 15 is 0 Å². The van der Waals surface area contributed by atoms with Crippen molar-refractivity contribution in [2.45, 2.75) is 6.92 Å². The van der Waals surface area contributed by atoms with E-state index in [0.29, 0.717) is 5.69 Å². The van der Waals surface area contributed by atoms with Crippen molar-refractivity contribution in [2.75, 3.05) is 19.0 Å². The second-order valence-electron chi connectivity index (χ2n) is 3.65. The summed E-state index contributed by atoms with van der Waals surface area (Å²) in [5.41, 5.74) is 2.54. The fourth-order valence-corrected chi connectivity index (χ4v) is 1.45. The fourth-order valence-electron chi connectivity index (χ4n) is 1.45. The van der Waals surface area contributed by atoms with E-state index in [1.165, 1.54) is 12.4 Å². The van der Waals surface area contributed by atoms with Crippen molar-refractivity contribution in [1.29, 1.82) is 0 Å². The van der Waals surface area contributed by atoms with Gasteiger partial charge in [-0.3, -0.25) is 0 Å². The highest BCUT2D eigenvalue weighted by molar-refractivity contribution is 5.49. The topological polar surface area (TPSA) is 46.8 Å². The van der Waals surface area contributed by atoms with Crippen molar-refractivity contribution in [1.82, 2.24) is 19.7 Å². The van der Waals surface area contributed by atoms with Crippen LogP contribution < -0.4 is 4.90 Å². The molecule has 0 aromatic carbocycles. The van der Waals surface area contributed by atoms with E-state index in [1.54, 1.807) is 4.68 Å². The molecule has 0 radical (unpaired) electrons. The fraction of sp³-hybridized carbons (Fsp3) is 0.300. The third-order valence-corrected chi connectivity index (χ3v) is 2.23. The standard InChI is InChI=1S/C10H12FN5/c1-7-9(15(2)3)6-16(14-7)8-4-12-10(11)13-5-8/h4-6H,1-3H3. The molecule has 0 aliphatic heterocycles. The summed E-state index contributed by atoms with van der Waals surface area (Å²) in [5, 5.41) is 4.30. The van der Waals surface area contributed by atoms with Crippen LogP contribution in [0, 0.1) is 13.0 Å². The van der Waals surface area contributed by atoms with Gasteiger partial charge < -0.3 is 4.90 Å². The molecule has 0 aliphatic carbocycles. The summed E-state index contributed by atoms with van der Waals surface area (Å²) in [4.78, 5) is 8.94. The summed E-state index contributed by atoms with van der Waals surface area (Å²) in [6.45, 7) is 1.91. The number of nitrogens with zero attached hydrogens (tertiary/aromatic N) is 5. The molecular weight excluding hydrogens is 209 g/mol. The molecule has 0 saturated carbocycles. The van der Waals surface area contributed by atoms with Crippen LogP contribution in [0.3, 0.4) is 0 Å². The Kier molecular flexibility index (Phi) is 2.55. The van der Waals surface area contributed by atoms with Crippen LogP contribution in [0.5, 0.6) is 0 Å². The Balaban J connectivity index is 2.41. The van der Waals surface area contributed by atoms with E-state index in [0.717, 1.165) is 11.4 Å². The molecule has 84 valence electrons. The van der Waals surface area contributed by atoms with Crippen LogP contribution in [0.4, 0.5) is 10.1 Å². The summed E-state index contributed by atoms with van der Waals surface area (Å²) in [5.74, 6) is 0. The quantitative estimate of drug-likeness (QED) is 0.714. The van der Waals surface area contributed by atoms with E-state index in [-0.39, 0.29) is 0 Å². The lowest BCUT2D eigenvalue weighted by molar-refractivity contribution is 0.537. The van der Waals surface area contributed by atoms with Gasteiger partial charge in [0.25, 0.3) is 0 Å². The van der Waals surface area contributed by atoms with Gasteiger partial charge in [0.15, 0.2) is 0 Å². The van der Waals surface area contributed by atoms with E-state index in [2.05, 4.69) is 15.1 Å². The monoisotopic (exact) mass is 221 g/mol. The van der Waals surface area contributed by atoms with Crippen molar-refractivity contribution in [3.05, 3.63) is 30.4 Å². The maximum Gasteiger partial charge on any atom is 0.308 e. The van der Waals surface area contributed by atoms with Crippen LogP contribution in [-0.4, -0.2) is 33.8 Å². The molecule has 16 heavy (non-hydrogen) atoms. The van der Waals surface area contributed by atoms with Crippen molar-refractivity contribution in [3.8, 4) is 5.69 Å². The van der Waals surface area contributed by atoms with Crippen LogP contribution in [0.2, 0.25) is 0 Å². The maximum absolute atomic E-state index is 12.6. The lowest BCUT2D eigenvalue weighted by Crippen LogP contribution is -2.08. The highest BCUT2D eigenvalue weighted by Crippen LogP contribution is 2.17. The predicted octanol–water partition coefficient (Wildman–Crippen LogP) is 1.18. The average Bonchev–Trinajstić information content (AvgIpc) is 2.61. The number of halogens is 1. The SMILES string of the molecule is Cc1nn(-c2cnc(F)nc2)cc1N(C)C. The van der Waals surface area contributed by atoms with E-state index in [4.69, 9.17) is 0 Å². The molecule has 0 N–H and O–H groups in total. The molecule has 0 fully saturated rings. The highest BCUT2D eigenvalue weighted by atomic mass is 19.1. The van der Waals surface area contributed by atoms with Gasteiger partial charge in [-0.05, 0) is 6.92 Å². The summed E-state index contributed by atoms with van der Waals surface area (Å²) < 4.78 is 14.2. The number of rotatable bonds is 2. The van der Waals surface area contributed by atoms with Gasteiger partial charge in [0.05, 0.1) is 30.0 Å². The lowest BCUT2D eigenvalue weighted by atomic mass is 10.4. The Morgan fingerprint density at radius 3 is 2.38 bits per heavy atom. The molecule has 0 amide bonds. The number of aromatic nitrogens is 4. The zero-order chi connectivity index (χ0) is 11.7. The Morgan fingerprint density at radius 2 is 1.88 bits per heavy atom. The van der Waals surface area contributed by atoms with Crippen LogP contribution in [0.25, 0.3) is 5.69 Å². The molecule has 0 unspecified atom stereocenters. The minimum Gasteiger partial charge on any atom is -0.375 e. The molecule has 2 rings (SSSR count).